The van der Waals surface area contributed by atoms with Crippen molar-refractivity contribution in [1.82, 2.24) is 0 Å². The van der Waals surface area contributed by atoms with Gasteiger partial charge < -0.3 is 0 Å². The smallest absolute Gasteiger partial charge is 0.198 e. The predicted molar refractivity (Wildman–Crippen MR) is 93.0 cm³/mol. The molecule has 0 fully saturated rings. The van der Waals surface area contributed by atoms with Gasteiger partial charge in [0.1, 0.15) is 0 Å². The van der Waals surface area contributed by atoms with Crippen molar-refractivity contribution in [1.29, 1.82) is 0 Å². The molecule has 0 N–H and O–H groups in total. The van der Waals surface area contributed by atoms with Crippen LogP contribution in [-0.2, 0) is 14.6 Å². The van der Waals surface area contributed by atoms with Crippen molar-refractivity contribution in [2.75, 3.05) is 6.26 Å². The summed E-state index contributed by atoms with van der Waals surface area (Å²) < 4.78 is 23.1. The maximum absolute atomic E-state index is 12.7. The quantitative estimate of drug-likeness (QED) is 0.451. The van der Waals surface area contributed by atoms with Crippen LogP contribution >= 0.6 is 23.8 Å². The zero-order chi connectivity index (χ0) is 17.2. The van der Waals surface area contributed by atoms with Crippen LogP contribution in [0.3, 0.4) is 0 Å². The van der Waals surface area contributed by atoms with Gasteiger partial charge in [-0.05, 0) is 42.8 Å². The molecular formula is C16H15ClO4S2. The van der Waals surface area contributed by atoms with E-state index in [1.807, 2.05) is 0 Å². The van der Waals surface area contributed by atoms with E-state index in [-0.39, 0.29) is 26.8 Å². The number of benzene rings is 1. The first-order valence-electron chi connectivity index (χ1n) is 6.99. The summed E-state index contributed by atoms with van der Waals surface area (Å²) in [6, 6.07) is 3.91. The second kappa shape index (κ2) is 7.03. The normalized spacial score (nSPS) is 15.7. The first kappa shape index (κ1) is 18.0. The van der Waals surface area contributed by atoms with Crippen LogP contribution in [0.15, 0.2) is 34.2 Å². The zero-order valence-corrected chi connectivity index (χ0v) is 14.9. The zero-order valence-electron chi connectivity index (χ0n) is 12.5. The molecule has 0 spiro atoms. The molecule has 0 amide bonds. The monoisotopic (exact) mass is 370 g/mol. The van der Waals surface area contributed by atoms with Gasteiger partial charge in [-0.3, -0.25) is 9.59 Å². The Morgan fingerprint density at radius 3 is 2.61 bits per heavy atom. The number of Topliss-reactive ketones (excluding diaryl/α,β-unsaturated/α-hetero) is 2. The van der Waals surface area contributed by atoms with Crippen molar-refractivity contribution in [3.8, 4) is 0 Å². The molecule has 2 rings (SSSR count). The number of thiocarbonyl (C=S) groups is 1. The van der Waals surface area contributed by atoms with Crippen LogP contribution in [-0.4, -0.2) is 31.6 Å². The standard InChI is InChI=1S/C16H15ClO4S2/c1-23(20,21)11-5-6-12(13(17)9-11)16(19)15-10(7-8-22)3-2-4-14(15)18/h5-6,8-9H,2-4,7H2,1H3. The van der Waals surface area contributed by atoms with Crippen LogP contribution in [0.4, 0.5) is 0 Å². The largest absolute Gasteiger partial charge is 0.294 e. The maximum Gasteiger partial charge on any atom is 0.198 e. The molecular weight excluding hydrogens is 356 g/mol. The Morgan fingerprint density at radius 1 is 1.35 bits per heavy atom. The first-order valence-corrected chi connectivity index (χ1v) is 9.73. The third-order valence-electron chi connectivity index (χ3n) is 3.68. The molecule has 1 aliphatic rings. The molecule has 0 radical (unpaired) electrons. The number of hydrogen-bond donors (Lipinski definition) is 0. The Bertz CT molecular complexity index is 822. The molecule has 0 heterocycles. The summed E-state index contributed by atoms with van der Waals surface area (Å²) >= 11 is 10.9. The van der Waals surface area contributed by atoms with Gasteiger partial charge in [-0.2, -0.15) is 0 Å². The Hall–Kier alpha value is -1.37. The van der Waals surface area contributed by atoms with Gasteiger partial charge in [-0.1, -0.05) is 29.4 Å². The fraction of sp³-hybridized carbons (Fsp3) is 0.312. The lowest BCUT2D eigenvalue weighted by Gasteiger charge is -2.18. The summed E-state index contributed by atoms with van der Waals surface area (Å²) in [7, 11) is -3.42. The van der Waals surface area contributed by atoms with Crippen LogP contribution in [0.2, 0.25) is 5.02 Å². The third kappa shape index (κ3) is 3.94. The molecule has 1 aromatic rings. The van der Waals surface area contributed by atoms with Crippen molar-refractivity contribution < 1.29 is 18.0 Å². The van der Waals surface area contributed by atoms with E-state index in [2.05, 4.69) is 0 Å². The summed E-state index contributed by atoms with van der Waals surface area (Å²) in [6.07, 6.45) is 3.14. The van der Waals surface area contributed by atoms with Crippen LogP contribution in [0, 0.1) is 0 Å². The molecule has 0 unspecified atom stereocenters. The highest BCUT2D eigenvalue weighted by molar-refractivity contribution is 7.90. The van der Waals surface area contributed by atoms with Gasteiger partial charge in [0.15, 0.2) is 21.4 Å². The minimum absolute atomic E-state index is 0.0190. The van der Waals surface area contributed by atoms with E-state index in [0.29, 0.717) is 25.7 Å². The summed E-state index contributed by atoms with van der Waals surface area (Å²) in [6.45, 7) is 0. The highest BCUT2D eigenvalue weighted by Crippen LogP contribution is 2.30. The molecule has 23 heavy (non-hydrogen) atoms. The summed E-state index contributed by atoms with van der Waals surface area (Å²) in [5, 5.41) is 1.51. The molecule has 0 aromatic heterocycles. The first-order chi connectivity index (χ1) is 10.8. The minimum atomic E-state index is -3.42. The van der Waals surface area contributed by atoms with Crippen LogP contribution in [0.25, 0.3) is 0 Å². The summed E-state index contributed by atoms with van der Waals surface area (Å²) in [4.78, 5) is 24.9. The molecule has 122 valence electrons. The molecule has 1 aliphatic carbocycles. The molecule has 0 saturated carbocycles. The average Bonchev–Trinajstić information content (AvgIpc) is 2.46. The maximum atomic E-state index is 12.7. The molecule has 0 bridgehead atoms. The van der Waals surface area contributed by atoms with E-state index in [1.54, 1.807) is 0 Å². The van der Waals surface area contributed by atoms with Crippen LogP contribution in [0.5, 0.6) is 0 Å². The van der Waals surface area contributed by atoms with Gasteiger partial charge in [0, 0.05) is 18.2 Å². The summed E-state index contributed by atoms with van der Waals surface area (Å²) in [5.41, 5.74) is 1.00. The Morgan fingerprint density at radius 2 is 2.04 bits per heavy atom. The van der Waals surface area contributed by atoms with E-state index in [1.165, 1.54) is 23.6 Å². The number of halogens is 1. The van der Waals surface area contributed by atoms with Crippen molar-refractivity contribution in [3.05, 3.63) is 39.9 Å². The van der Waals surface area contributed by atoms with Gasteiger partial charge in [0.05, 0.1) is 15.5 Å². The lowest BCUT2D eigenvalue weighted by Crippen LogP contribution is -2.20. The van der Waals surface area contributed by atoms with Gasteiger partial charge in [-0.25, -0.2) is 8.42 Å². The second-order valence-electron chi connectivity index (χ2n) is 5.37. The number of allylic oxidation sites excluding steroid dienone is 2. The van der Waals surface area contributed by atoms with E-state index in [4.69, 9.17) is 23.8 Å². The van der Waals surface area contributed by atoms with Gasteiger partial charge in [-0.15, -0.1) is 0 Å². The molecule has 1 aromatic carbocycles. The number of hydrogen-bond acceptors (Lipinski definition) is 5. The highest BCUT2D eigenvalue weighted by Gasteiger charge is 2.28. The topological polar surface area (TPSA) is 68.3 Å². The highest BCUT2D eigenvalue weighted by atomic mass is 35.5. The van der Waals surface area contributed by atoms with Crippen LogP contribution in [0.1, 0.15) is 36.0 Å². The number of carbonyl (C=O) groups is 2. The Balaban J connectivity index is 2.51. The fourth-order valence-corrected chi connectivity index (χ4v) is 3.73. The van der Waals surface area contributed by atoms with E-state index >= 15 is 0 Å². The third-order valence-corrected chi connectivity index (χ3v) is 5.27. The van der Waals surface area contributed by atoms with Crippen molar-refractivity contribution in [2.24, 2.45) is 0 Å². The van der Waals surface area contributed by atoms with Gasteiger partial charge in [0.2, 0.25) is 0 Å². The Labute approximate surface area is 145 Å². The van der Waals surface area contributed by atoms with E-state index < -0.39 is 15.6 Å². The number of carbonyl (C=O) groups excluding carboxylic acids is 2. The SMILES string of the molecule is CS(=O)(=O)c1ccc(C(=O)C2=C(CC=S)CCCC2=O)c(Cl)c1. The van der Waals surface area contributed by atoms with Gasteiger partial charge >= 0.3 is 0 Å². The fourth-order valence-electron chi connectivity index (χ4n) is 2.55. The number of sulfone groups is 1. The number of rotatable bonds is 5. The second-order valence-corrected chi connectivity index (χ2v) is 8.13. The number of ketones is 2. The molecule has 0 aliphatic heterocycles. The van der Waals surface area contributed by atoms with Crippen molar-refractivity contribution >= 4 is 50.6 Å². The van der Waals surface area contributed by atoms with Crippen LogP contribution < -0.4 is 0 Å². The van der Waals surface area contributed by atoms with Gasteiger partial charge in [0.25, 0.3) is 0 Å². The van der Waals surface area contributed by atoms with Crippen molar-refractivity contribution in [3.63, 3.8) is 0 Å². The molecule has 0 saturated heterocycles. The molecule has 7 heteroatoms. The Kier molecular flexibility index (Phi) is 5.49. The van der Waals surface area contributed by atoms with E-state index in [9.17, 15) is 18.0 Å². The van der Waals surface area contributed by atoms with Crippen molar-refractivity contribution in [2.45, 2.75) is 30.6 Å². The summed E-state index contributed by atoms with van der Waals surface area (Å²) in [5.74, 6) is -0.678. The minimum Gasteiger partial charge on any atom is -0.294 e. The van der Waals surface area contributed by atoms with E-state index in [0.717, 1.165) is 11.8 Å². The lowest BCUT2D eigenvalue weighted by molar-refractivity contribution is -0.115. The average molecular weight is 371 g/mol. The predicted octanol–water partition coefficient (Wildman–Crippen LogP) is 3.37. The molecule has 4 nitrogen and oxygen atoms in total. The lowest BCUT2D eigenvalue weighted by atomic mass is 9.85. The molecule has 0 atom stereocenters.